The summed E-state index contributed by atoms with van der Waals surface area (Å²) in [7, 11) is 0. The average Bonchev–Trinajstić information content (AvgIpc) is 3.87. The van der Waals surface area contributed by atoms with Gasteiger partial charge in [0, 0.05) is 35.5 Å². The molecular formula is C32H44F12N8. The zero-order valence-corrected chi connectivity index (χ0v) is 27.5. The van der Waals surface area contributed by atoms with Crippen molar-refractivity contribution in [1.29, 1.82) is 0 Å². The van der Waals surface area contributed by atoms with E-state index in [0.29, 0.717) is 12.8 Å². The van der Waals surface area contributed by atoms with Crippen LogP contribution < -0.4 is 42.5 Å². The van der Waals surface area contributed by atoms with Crippen molar-refractivity contribution < 1.29 is 52.7 Å². The normalized spacial score (nSPS) is 64.4. The Morgan fingerprint density at radius 2 is 0.404 bits per heavy atom. The maximum Gasteiger partial charge on any atom is 0.165 e. The minimum absolute atomic E-state index is 0.173. The highest BCUT2D eigenvalue weighted by atomic mass is 19.2. The maximum atomic E-state index is 15.8. The Morgan fingerprint density at radius 1 is 0.231 bits per heavy atom. The van der Waals surface area contributed by atoms with Crippen LogP contribution in [0.5, 0.6) is 0 Å². The minimum Gasteiger partial charge on any atom is -0.286 e. The molecule has 0 aromatic heterocycles. The fourth-order valence-electron chi connectivity index (χ4n) is 11.8. The first-order valence-electron chi connectivity index (χ1n) is 18.6. The highest BCUT2D eigenvalue weighted by Crippen LogP contribution is 2.50. The molecule has 9 fully saturated rings. The molecule has 0 aromatic rings. The van der Waals surface area contributed by atoms with Crippen molar-refractivity contribution in [3.05, 3.63) is 0 Å². The largest absolute Gasteiger partial charge is 0.286 e. The third kappa shape index (κ3) is 5.26. The molecule has 9 rings (SSSR count). The second-order valence-corrected chi connectivity index (χ2v) is 16.6. The monoisotopic (exact) mass is 768 g/mol. The molecule has 0 spiro atoms. The van der Waals surface area contributed by atoms with Gasteiger partial charge in [0.25, 0.3) is 0 Å². The van der Waals surface area contributed by atoms with E-state index in [2.05, 4.69) is 42.5 Å². The van der Waals surface area contributed by atoms with Crippen LogP contribution in [-0.2, 0) is 0 Å². The summed E-state index contributed by atoms with van der Waals surface area (Å²) in [6.07, 6.45) is -39.3. The van der Waals surface area contributed by atoms with Gasteiger partial charge in [-0.05, 0) is 24.7 Å². The minimum atomic E-state index is -2.93. The van der Waals surface area contributed by atoms with E-state index in [4.69, 9.17) is 0 Å². The van der Waals surface area contributed by atoms with Crippen molar-refractivity contribution in [2.24, 2.45) is 47.3 Å². The van der Waals surface area contributed by atoms with Crippen molar-refractivity contribution in [3.8, 4) is 0 Å². The van der Waals surface area contributed by atoms with Gasteiger partial charge in [-0.3, -0.25) is 42.5 Å². The smallest absolute Gasteiger partial charge is 0.165 e. The van der Waals surface area contributed by atoms with Crippen molar-refractivity contribution in [1.82, 2.24) is 42.5 Å². The number of alkyl halides is 12. The van der Waals surface area contributed by atoms with Crippen LogP contribution in [0.15, 0.2) is 0 Å². The fourth-order valence-corrected chi connectivity index (χ4v) is 11.8. The van der Waals surface area contributed by atoms with Crippen LogP contribution in [0.4, 0.5) is 52.7 Å². The van der Waals surface area contributed by atoms with E-state index in [1.807, 2.05) is 0 Å². The topological polar surface area (TPSA) is 96.2 Å². The molecule has 9 aliphatic rings. The Labute approximate surface area is 291 Å². The van der Waals surface area contributed by atoms with E-state index < -0.39 is 159 Å². The van der Waals surface area contributed by atoms with E-state index in [-0.39, 0.29) is 11.8 Å². The average molecular weight is 769 g/mol. The first-order valence-corrected chi connectivity index (χ1v) is 18.6. The number of nitrogens with one attached hydrogen (secondary N) is 8. The maximum absolute atomic E-state index is 15.8. The Kier molecular flexibility index (Phi) is 9.27. The first kappa shape index (κ1) is 36.5. The summed E-state index contributed by atoms with van der Waals surface area (Å²) in [6.45, 7) is 0. The van der Waals surface area contributed by atoms with Crippen molar-refractivity contribution in [2.45, 2.75) is 149 Å². The molecule has 52 heavy (non-hydrogen) atoms. The molecule has 4 saturated carbocycles. The van der Waals surface area contributed by atoms with Gasteiger partial charge in [-0.1, -0.05) is 12.8 Å². The van der Waals surface area contributed by atoms with Gasteiger partial charge in [-0.2, -0.15) is 0 Å². The molecule has 5 aliphatic heterocycles. The summed E-state index contributed by atoms with van der Waals surface area (Å²) in [4.78, 5) is 0. The summed E-state index contributed by atoms with van der Waals surface area (Å²) in [5.41, 5.74) is 0. The number of halogens is 12. The van der Waals surface area contributed by atoms with Gasteiger partial charge in [0.15, 0.2) is 37.0 Å². The Bertz CT molecular complexity index is 1240. The molecule has 5 heterocycles. The SMILES string of the molecule is FC1C(F)C(F)C2C3NC(NC4NC(NC5NC(NC6NC(N3)C3C(F)C(F)C(F)C(F)C63)C3C(F)C(F)C(F)C(F)C53)C3CCCCC43)C2C1F. The van der Waals surface area contributed by atoms with Crippen LogP contribution in [-0.4, -0.2) is 123 Å². The lowest BCUT2D eigenvalue weighted by Crippen LogP contribution is -2.62. The van der Waals surface area contributed by atoms with Crippen molar-refractivity contribution in [2.75, 3.05) is 0 Å². The molecule has 0 radical (unpaired) electrons. The van der Waals surface area contributed by atoms with Crippen LogP contribution >= 0.6 is 0 Å². The predicted octanol–water partition coefficient (Wildman–Crippen LogP) is 1.98. The summed E-state index contributed by atoms with van der Waals surface area (Å²) in [6, 6.07) is 0. The third-order valence-electron chi connectivity index (χ3n) is 14.2. The third-order valence-corrected chi connectivity index (χ3v) is 14.2. The van der Waals surface area contributed by atoms with Gasteiger partial charge in [0.05, 0.1) is 49.3 Å². The molecule has 8 N–H and O–H groups in total. The van der Waals surface area contributed by atoms with E-state index in [1.165, 1.54) is 0 Å². The van der Waals surface area contributed by atoms with Crippen LogP contribution in [0.3, 0.4) is 0 Å². The van der Waals surface area contributed by atoms with E-state index in [1.54, 1.807) is 0 Å². The first-order chi connectivity index (χ1) is 24.8. The summed E-state index contributed by atoms with van der Waals surface area (Å²) < 4.78 is 185. The second-order valence-electron chi connectivity index (χ2n) is 16.6. The lowest BCUT2D eigenvalue weighted by molar-refractivity contribution is -0.0896. The quantitative estimate of drug-likeness (QED) is 0.178. The Balaban J connectivity index is 1.13. The molecule has 8 bridgehead atoms. The Hall–Kier alpha value is -1.16. The fraction of sp³-hybridized carbons (Fsp3) is 1.00. The van der Waals surface area contributed by atoms with E-state index in [0.717, 1.165) is 12.8 Å². The molecule has 0 aromatic carbocycles. The second kappa shape index (κ2) is 13.2. The molecule has 296 valence electrons. The van der Waals surface area contributed by atoms with Crippen LogP contribution in [0.25, 0.3) is 0 Å². The standard InChI is InChI=1S/C32H44F12N8/c33-13-7-9(15(35)21(41)19(13)39)29-48-27(7)46-25-5-3-1-2-4-6(5)26(45-25)47-28-8-10(16(36)22(42)20(40)14(8)34)30(49-28)51-32-12-11(31(50-29)52-32)17(37)23(43)24(44)18(12)38/h5-32,45-52H,1-4H2. The van der Waals surface area contributed by atoms with Gasteiger partial charge in [-0.25, -0.2) is 52.7 Å². The number of fused-ring (bicyclic) bond motifs is 20. The van der Waals surface area contributed by atoms with Gasteiger partial charge in [-0.15, -0.1) is 0 Å². The molecule has 4 aliphatic carbocycles. The van der Waals surface area contributed by atoms with Crippen molar-refractivity contribution in [3.63, 3.8) is 0 Å². The zero-order valence-electron chi connectivity index (χ0n) is 27.5. The predicted molar refractivity (Wildman–Crippen MR) is 161 cm³/mol. The van der Waals surface area contributed by atoms with E-state index in [9.17, 15) is 26.3 Å². The molecule has 5 saturated heterocycles. The van der Waals surface area contributed by atoms with Crippen LogP contribution in [0.1, 0.15) is 25.7 Å². The molecule has 8 nitrogen and oxygen atoms in total. The van der Waals surface area contributed by atoms with Crippen LogP contribution in [0.2, 0.25) is 0 Å². The summed E-state index contributed by atoms with van der Waals surface area (Å²) in [5, 5.41) is 24.2. The summed E-state index contributed by atoms with van der Waals surface area (Å²) in [5.74, 6) is -10.1. The van der Waals surface area contributed by atoms with E-state index >= 15 is 26.3 Å². The zero-order chi connectivity index (χ0) is 36.7. The number of hydrogen-bond donors (Lipinski definition) is 8. The highest BCUT2D eigenvalue weighted by molar-refractivity contribution is 5.17. The Morgan fingerprint density at radius 3 is 0.615 bits per heavy atom. The molecule has 20 heteroatoms. The molecular weight excluding hydrogens is 724 g/mol. The van der Waals surface area contributed by atoms with Gasteiger partial charge in [0.2, 0.25) is 0 Å². The van der Waals surface area contributed by atoms with Crippen molar-refractivity contribution >= 4 is 0 Å². The molecule has 0 amide bonds. The van der Waals surface area contributed by atoms with Gasteiger partial charge in [0.1, 0.15) is 37.0 Å². The number of rotatable bonds is 0. The highest BCUT2D eigenvalue weighted by Gasteiger charge is 2.67. The van der Waals surface area contributed by atoms with Crippen LogP contribution in [0, 0.1) is 47.3 Å². The number of hydrogen-bond acceptors (Lipinski definition) is 8. The lowest BCUT2D eigenvalue weighted by atomic mass is 9.72. The lowest BCUT2D eigenvalue weighted by Gasteiger charge is -2.42. The molecule has 28 atom stereocenters. The van der Waals surface area contributed by atoms with Gasteiger partial charge < -0.3 is 0 Å². The molecule has 28 unspecified atom stereocenters. The van der Waals surface area contributed by atoms with Gasteiger partial charge >= 0.3 is 0 Å². The summed E-state index contributed by atoms with van der Waals surface area (Å²) >= 11 is 0.